The molecule has 0 spiro atoms. The van der Waals surface area contributed by atoms with Crippen LogP contribution in [-0.2, 0) is 10.0 Å². The Morgan fingerprint density at radius 3 is 2.73 bits per heavy atom. The number of hydrogen-bond donors (Lipinski definition) is 1. The number of piperidine rings is 1. The Bertz CT molecular complexity index is 630. The SMILES string of the molecule is CN(C)S(=O)(=O)C1CCCN(c2cc(NC3CC3)ncn2)C1. The normalized spacial score (nSPS) is 22.9. The molecule has 1 saturated heterocycles. The molecule has 2 aliphatic rings. The highest BCUT2D eigenvalue weighted by Gasteiger charge is 2.33. The number of sulfonamides is 1. The van der Waals surface area contributed by atoms with Gasteiger partial charge in [0.25, 0.3) is 0 Å². The van der Waals surface area contributed by atoms with Gasteiger partial charge in [0.1, 0.15) is 18.0 Å². The van der Waals surface area contributed by atoms with Crippen molar-refractivity contribution < 1.29 is 8.42 Å². The molecule has 3 rings (SSSR count). The molecule has 2 fully saturated rings. The molecule has 2 heterocycles. The first-order valence-corrected chi connectivity index (χ1v) is 9.22. The van der Waals surface area contributed by atoms with E-state index in [1.807, 2.05) is 6.07 Å². The minimum absolute atomic E-state index is 0.369. The van der Waals surface area contributed by atoms with Gasteiger partial charge in [-0.3, -0.25) is 0 Å². The van der Waals surface area contributed by atoms with Gasteiger partial charge in [-0.25, -0.2) is 22.7 Å². The van der Waals surface area contributed by atoms with Crippen LogP contribution in [-0.4, -0.2) is 61.2 Å². The second-order valence-corrected chi connectivity index (χ2v) is 8.64. The summed E-state index contributed by atoms with van der Waals surface area (Å²) in [6.45, 7) is 1.32. The van der Waals surface area contributed by atoms with Crippen molar-refractivity contribution in [1.82, 2.24) is 14.3 Å². The van der Waals surface area contributed by atoms with Crippen molar-refractivity contribution in [3.05, 3.63) is 12.4 Å². The van der Waals surface area contributed by atoms with E-state index in [1.54, 1.807) is 20.4 Å². The van der Waals surface area contributed by atoms with E-state index in [1.165, 1.54) is 17.1 Å². The minimum atomic E-state index is -3.23. The number of hydrogen-bond acceptors (Lipinski definition) is 6. The molecule has 122 valence electrons. The highest BCUT2D eigenvalue weighted by molar-refractivity contribution is 7.89. The first-order chi connectivity index (χ1) is 10.5. The van der Waals surface area contributed by atoms with Crippen molar-refractivity contribution in [2.45, 2.75) is 37.0 Å². The van der Waals surface area contributed by atoms with Gasteiger partial charge >= 0.3 is 0 Å². The fourth-order valence-corrected chi connectivity index (χ4v) is 4.15. The lowest BCUT2D eigenvalue weighted by Crippen LogP contribution is -2.46. The fraction of sp³-hybridized carbons (Fsp3) is 0.714. The van der Waals surface area contributed by atoms with E-state index in [4.69, 9.17) is 0 Å². The lowest BCUT2D eigenvalue weighted by molar-refractivity contribution is 0.478. The van der Waals surface area contributed by atoms with Crippen LogP contribution in [0.3, 0.4) is 0 Å². The molecule has 0 amide bonds. The Balaban J connectivity index is 1.74. The van der Waals surface area contributed by atoms with Crippen LogP contribution >= 0.6 is 0 Å². The van der Waals surface area contributed by atoms with E-state index in [9.17, 15) is 8.42 Å². The first kappa shape index (κ1) is 15.5. The minimum Gasteiger partial charge on any atom is -0.367 e. The molecule has 7 nitrogen and oxygen atoms in total. The van der Waals surface area contributed by atoms with Gasteiger partial charge in [-0.05, 0) is 25.7 Å². The van der Waals surface area contributed by atoms with Crippen molar-refractivity contribution in [3.63, 3.8) is 0 Å². The van der Waals surface area contributed by atoms with Crippen LogP contribution in [0.25, 0.3) is 0 Å². The highest BCUT2D eigenvalue weighted by atomic mass is 32.2. The van der Waals surface area contributed by atoms with Crippen molar-refractivity contribution in [2.75, 3.05) is 37.4 Å². The molecular formula is C14H23N5O2S. The molecule has 1 unspecified atom stereocenters. The summed E-state index contributed by atoms with van der Waals surface area (Å²) in [5, 5.41) is 2.98. The summed E-state index contributed by atoms with van der Waals surface area (Å²) >= 11 is 0. The molecule has 1 aliphatic carbocycles. The number of anilines is 2. The molecule has 1 aromatic heterocycles. The molecule has 8 heteroatoms. The summed E-state index contributed by atoms with van der Waals surface area (Å²) in [4.78, 5) is 10.6. The molecular weight excluding hydrogens is 302 g/mol. The summed E-state index contributed by atoms with van der Waals surface area (Å²) in [7, 11) is -0.0396. The number of rotatable bonds is 5. The van der Waals surface area contributed by atoms with Gasteiger partial charge in [0.05, 0.1) is 5.25 Å². The molecule has 1 atom stereocenters. The van der Waals surface area contributed by atoms with Crippen molar-refractivity contribution in [2.24, 2.45) is 0 Å². The van der Waals surface area contributed by atoms with Crippen molar-refractivity contribution in [1.29, 1.82) is 0 Å². The maximum absolute atomic E-state index is 12.3. The molecule has 1 aliphatic heterocycles. The van der Waals surface area contributed by atoms with Gasteiger partial charge in [-0.1, -0.05) is 0 Å². The number of nitrogens with one attached hydrogen (secondary N) is 1. The van der Waals surface area contributed by atoms with Gasteiger partial charge in [0, 0.05) is 39.3 Å². The van der Waals surface area contributed by atoms with Crippen molar-refractivity contribution >= 4 is 21.7 Å². The largest absolute Gasteiger partial charge is 0.367 e. The van der Waals surface area contributed by atoms with E-state index >= 15 is 0 Å². The van der Waals surface area contributed by atoms with Gasteiger partial charge in [0.2, 0.25) is 10.0 Å². The summed E-state index contributed by atoms with van der Waals surface area (Å²) in [6.07, 6.45) is 5.48. The quantitative estimate of drug-likeness (QED) is 0.867. The highest BCUT2D eigenvalue weighted by Crippen LogP contribution is 2.27. The third-order valence-corrected chi connectivity index (χ3v) is 6.46. The van der Waals surface area contributed by atoms with Crippen LogP contribution in [0.5, 0.6) is 0 Å². The Morgan fingerprint density at radius 2 is 2.05 bits per heavy atom. The predicted molar refractivity (Wildman–Crippen MR) is 86.5 cm³/mol. The zero-order chi connectivity index (χ0) is 15.7. The molecule has 1 aromatic rings. The first-order valence-electron chi connectivity index (χ1n) is 7.71. The van der Waals surface area contributed by atoms with Crippen LogP contribution in [0.15, 0.2) is 12.4 Å². The summed E-state index contributed by atoms with van der Waals surface area (Å²) in [5.74, 6) is 1.63. The molecule has 0 aromatic carbocycles. The van der Waals surface area contributed by atoms with Crippen LogP contribution < -0.4 is 10.2 Å². The molecule has 0 radical (unpaired) electrons. The van der Waals surface area contributed by atoms with E-state index in [2.05, 4.69) is 20.2 Å². The third-order valence-electron chi connectivity index (χ3n) is 4.21. The van der Waals surface area contributed by atoms with Crippen LogP contribution in [0.1, 0.15) is 25.7 Å². The van der Waals surface area contributed by atoms with Crippen LogP contribution in [0, 0.1) is 0 Å². The van der Waals surface area contributed by atoms with Gasteiger partial charge in [0.15, 0.2) is 0 Å². The molecule has 1 saturated carbocycles. The van der Waals surface area contributed by atoms with Crippen LogP contribution in [0.2, 0.25) is 0 Å². The molecule has 0 bridgehead atoms. The maximum atomic E-state index is 12.3. The lowest BCUT2D eigenvalue weighted by atomic mass is 10.1. The zero-order valence-corrected chi connectivity index (χ0v) is 13.9. The zero-order valence-electron chi connectivity index (χ0n) is 13.1. The average Bonchev–Trinajstić information content (AvgIpc) is 3.31. The molecule has 22 heavy (non-hydrogen) atoms. The Labute approximate surface area is 131 Å². The topological polar surface area (TPSA) is 78.4 Å². The molecule has 1 N–H and O–H groups in total. The van der Waals surface area contributed by atoms with E-state index in [0.29, 0.717) is 19.0 Å². The number of nitrogens with zero attached hydrogens (tertiary/aromatic N) is 4. The predicted octanol–water partition coefficient (Wildman–Crippen LogP) is 0.911. The third kappa shape index (κ3) is 3.33. The fourth-order valence-electron chi connectivity index (χ4n) is 2.72. The maximum Gasteiger partial charge on any atom is 0.218 e. The van der Waals surface area contributed by atoms with Crippen molar-refractivity contribution in [3.8, 4) is 0 Å². The average molecular weight is 325 g/mol. The van der Waals surface area contributed by atoms with E-state index in [0.717, 1.165) is 24.6 Å². The summed E-state index contributed by atoms with van der Waals surface area (Å²) < 4.78 is 26.0. The summed E-state index contributed by atoms with van der Waals surface area (Å²) in [5.41, 5.74) is 0. The van der Waals surface area contributed by atoms with Gasteiger partial charge in [-0.2, -0.15) is 0 Å². The standard InChI is InChI=1S/C14H23N5O2S/c1-18(2)22(20,21)12-4-3-7-19(9-12)14-8-13(15-10-16-14)17-11-5-6-11/h8,10-12H,3-7,9H2,1-2H3,(H,15,16,17). The van der Waals surface area contributed by atoms with E-state index in [-0.39, 0.29) is 5.25 Å². The smallest absolute Gasteiger partial charge is 0.218 e. The monoisotopic (exact) mass is 325 g/mol. The van der Waals surface area contributed by atoms with E-state index < -0.39 is 10.0 Å². The number of aromatic nitrogens is 2. The second kappa shape index (κ2) is 6.00. The van der Waals surface area contributed by atoms with Gasteiger partial charge in [-0.15, -0.1) is 0 Å². The summed E-state index contributed by atoms with van der Waals surface area (Å²) in [6, 6.07) is 2.45. The van der Waals surface area contributed by atoms with Gasteiger partial charge < -0.3 is 10.2 Å². The van der Waals surface area contributed by atoms with Crippen LogP contribution in [0.4, 0.5) is 11.6 Å². The Hall–Kier alpha value is -1.41. The Morgan fingerprint density at radius 1 is 1.27 bits per heavy atom. The second-order valence-electron chi connectivity index (χ2n) is 6.22. The Kier molecular flexibility index (Phi) is 4.22. The lowest BCUT2D eigenvalue weighted by Gasteiger charge is -2.34.